The minimum Gasteiger partial charge on any atom is -0.496 e. The van der Waals surface area contributed by atoms with Gasteiger partial charge < -0.3 is 10.1 Å². The summed E-state index contributed by atoms with van der Waals surface area (Å²) in [5.41, 5.74) is 3.89. The molecule has 21 heavy (non-hydrogen) atoms. The van der Waals surface area contributed by atoms with Crippen molar-refractivity contribution >= 4 is 15.9 Å². The van der Waals surface area contributed by atoms with Crippen molar-refractivity contribution < 1.29 is 4.74 Å². The van der Waals surface area contributed by atoms with E-state index in [9.17, 15) is 0 Å². The summed E-state index contributed by atoms with van der Waals surface area (Å²) >= 11 is 3.65. The fourth-order valence-corrected chi connectivity index (χ4v) is 3.20. The Morgan fingerprint density at radius 1 is 1.19 bits per heavy atom. The molecule has 0 aliphatic rings. The van der Waals surface area contributed by atoms with Crippen LogP contribution in [0.2, 0.25) is 0 Å². The van der Waals surface area contributed by atoms with Crippen LogP contribution in [-0.2, 0) is 6.42 Å². The SMILES string of the molecule is COc1c(C)cc(Br)c(C)c1CCCCCNCC(C)C. The van der Waals surface area contributed by atoms with Gasteiger partial charge in [0.15, 0.2) is 0 Å². The molecule has 0 aliphatic heterocycles. The van der Waals surface area contributed by atoms with Gasteiger partial charge in [-0.1, -0.05) is 36.2 Å². The highest BCUT2D eigenvalue weighted by atomic mass is 79.9. The second-order valence-electron chi connectivity index (χ2n) is 6.22. The lowest BCUT2D eigenvalue weighted by Gasteiger charge is -2.16. The van der Waals surface area contributed by atoms with Gasteiger partial charge in [0.1, 0.15) is 5.75 Å². The number of aryl methyl sites for hydroxylation is 1. The van der Waals surface area contributed by atoms with Gasteiger partial charge in [0.05, 0.1) is 7.11 Å². The predicted octanol–water partition coefficient (Wildman–Crippen LogP) is 5.03. The van der Waals surface area contributed by atoms with E-state index >= 15 is 0 Å². The number of halogens is 1. The molecule has 0 unspecified atom stereocenters. The maximum atomic E-state index is 5.60. The monoisotopic (exact) mass is 355 g/mol. The van der Waals surface area contributed by atoms with Crippen LogP contribution in [-0.4, -0.2) is 20.2 Å². The van der Waals surface area contributed by atoms with E-state index in [0.29, 0.717) is 0 Å². The first-order valence-electron chi connectivity index (χ1n) is 8.00. The van der Waals surface area contributed by atoms with E-state index in [2.05, 4.69) is 55.0 Å². The first-order valence-corrected chi connectivity index (χ1v) is 8.80. The van der Waals surface area contributed by atoms with Crippen LogP contribution in [0.5, 0.6) is 5.75 Å². The van der Waals surface area contributed by atoms with Crippen molar-refractivity contribution in [2.45, 2.75) is 53.4 Å². The van der Waals surface area contributed by atoms with E-state index in [0.717, 1.165) is 31.2 Å². The van der Waals surface area contributed by atoms with Crippen molar-refractivity contribution in [2.75, 3.05) is 20.2 Å². The second kappa shape index (κ2) is 9.47. The first-order chi connectivity index (χ1) is 9.97. The normalized spacial score (nSPS) is 11.2. The zero-order chi connectivity index (χ0) is 15.8. The van der Waals surface area contributed by atoms with Crippen LogP contribution in [0.1, 0.15) is 49.8 Å². The van der Waals surface area contributed by atoms with Gasteiger partial charge in [-0.3, -0.25) is 0 Å². The third-order valence-corrected chi connectivity index (χ3v) is 4.65. The molecule has 1 aromatic rings. The summed E-state index contributed by atoms with van der Waals surface area (Å²) in [5.74, 6) is 1.80. The molecular formula is C18H30BrNO. The molecule has 0 aliphatic carbocycles. The Kier molecular flexibility index (Phi) is 8.35. The molecule has 0 fully saturated rings. The van der Waals surface area contributed by atoms with Gasteiger partial charge in [-0.2, -0.15) is 0 Å². The summed E-state index contributed by atoms with van der Waals surface area (Å²) in [6.45, 7) is 11.0. The molecule has 3 heteroatoms. The van der Waals surface area contributed by atoms with Gasteiger partial charge in [0, 0.05) is 4.47 Å². The topological polar surface area (TPSA) is 21.3 Å². The van der Waals surface area contributed by atoms with Crippen LogP contribution in [0.4, 0.5) is 0 Å². The van der Waals surface area contributed by atoms with Gasteiger partial charge in [-0.15, -0.1) is 0 Å². The Bertz CT molecular complexity index is 443. The fourth-order valence-electron chi connectivity index (χ4n) is 2.62. The molecule has 0 aromatic heterocycles. The summed E-state index contributed by atoms with van der Waals surface area (Å²) in [4.78, 5) is 0. The molecule has 0 radical (unpaired) electrons. The molecule has 1 N–H and O–H groups in total. The van der Waals surface area contributed by atoms with Crippen molar-refractivity contribution in [3.05, 3.63) is 27.2 Å². The summed E-state index contributed by atoms with van der Waals surface area (Å²) in [6, 6.07) is 2.15. The van der Waals surface area contributed by atoms with Crippen LogP contribution in [0.3, 0.4) is 0 Å². The highest BCUT2D eigenvalue weighted by molar-refractivity contribution is 9.10. The first kappa shape index (κ1) is 18.5. The molecule has 120 valence electrons. The molecule has 0 bridgehead atoms. The average Bonchev–Trinajstić information content (AvgIpc) is 2.42. The minimum absolute atomic E-state index is 0.738. The Morgan fingerprint density at radius 3 is 2.52 bits per heavy atom. The number of rotatable bonds is 9. The predicted molar refractivity (Wildman–Crippen MR) is 95.4 cm³/mol. The average molecular weight is 356 g/mol. The van der Waals surface area contributed by atoms with Crippen molar-refractivity contribution in [3.63, 3.8) is 0 Å². The van der Waals surface area contributed by atoms with Crippen LogP contribution >= 0.6 is 15.9 Å². The number of hydrogen-bond donors (Lipinski definition) is 1. The molecule has 0 heterocycles. The number of hydrogen-bond acceptors (Lipinski definition) is 2. The third kappa shape index (κ3) is 5.99. The number of methoxy groups -OCH3 is 1. The molecule has 2 nitrogen and oxygen atoms in total. The van der Waals surface area contributed by atoms with Gasteiger partial charge in [-0.05, 0) is 74.9 Å². The van der Waals surface area contributed by atoms with E-state index in [1.165, 1.54) is 40.4 Å². The van der Waals surface area contributed by atoms with Crippen molar-refractivity contribution in [1.29, 1.82) is 0 Å². The van der Waals surface area contributed by atoms with Crippen molar-refractivity contribution in [1.82, 2.24) is 5.32 Å². The van der Waals surface area contributed by atoms with E-state index in [1.807, 2.05) is 0 Å². The van der Waals surface area contributed by atoms with E-state index in [-0.39, 0.29) is 0 Å². The van der Waals surface area contributed by atoms with Crippen LogP contribution < -0.4 is 10.1 Å². The zero-order valence-corrected chi connectivity index (χ0v) is 15.8. The van der Waals surface area contributed by atoms with Gasteiger partial charge in [-0.25, -0.2) is 0 Å². The highest BCUT2D eigenvalue weighted by Crippen LogP contribution is 2.33. The summed E-state index contributed by atoms with van der Waals surface area (Å²) in [5, 5.41) is 3.50. The number of unbranched alkanes of at least 4 members (excludes halogenated alkanes) is 2. The highest BCUT2D eigenvalue weighted by Gasteiger charge is 2.12. The molecule has 0 amide bonds. The zero-order valence-electron chi connectivity index (χ0n) is 14.2. The largest absolute Gasteiger partial charge is 0.496 e. The van der Waals surface area contributed by atoms with Crippen LogP contribution in [0, 0.1) is 19.8 Å². The van der Waals surface area contributed by atoms with Crippen molar-refractivity contribution in [2.24, 2.45) is 5.92 Å². The number of benzene rings is 1. The lowest BCUT2D eigenvalue weighted by molar-refractivity contribution is 0.405. The van der Waals surface area contributed by atoms with Crippen LogP contribution in [0.25, 0.3) is 0 Å². The Labute approximate surface area is 138 Å². The van der Waals surface area contributed by atoms with E-state index < -0.39 is 0 Å². The standard InChI is InChI=1S/C18H30BrNO/c1-13(2)12-20-10-8-6-7-9-16-15(4)17(19)11-14(3)18(16)21-5/h11,13,20H,6-10,12H2,1-5H3. The maximum absolute atomic E-state index is 5.60. The Hall–Kier alpha value is -0.540. The molecule has 0 spiro atoms. The van der Waals surface area contributed by atoms with E-state index in [4.69, 9.17) is 4.74 Å². The summed E-state index contributed by atoms with van der Waals surface area (Å²) in [6.07, 6.45) is 4.83. The quantitative estimate of drug-likeness (QED) is 0.627. The lowest BCUT2D eigenvalue weighted by atomic mass is 9.98. The Morgan fingerprint density at radius 2 is 1.90 bits per heavy atom. The third-order valence-electron chi connectivity index (χ3n) is 3.82. The lowest BCUT2D eigenvalue weighted by Crippen LogP contribution is -2.20. The Balaban J connectivity index is 2.45. The summed E-state index contributed by atoms with van der Waals surface area (Å²) in [7, 11) is 1.77. The molecule has 1 aromatic carbocycles. The molecule has 1 rings (SSSR count). The number of nitrogens with one attached hydrogen (secondary N) is 1. The maximum Gasteiger partial charge on any atom is 0.125 e. The minimum atomic E-state index is 0.738. The van der Waals surface area contributed by atoms with E-state index in [1.54, 1.807) is 7.11 Å². The molecular weight excluding hydrogens is 326 g/mol. The van der Waals surface area contributed by atoms with Gasteiger partial charge in [0.2, 0.25) is 0 Å². The van der Waals surface area contributed by atoms with Crippen molar-refractivity contribution in [3.8, 4) is 5.75 Å². The summed E-state index contributed by atoms with van der Waals surface area (Å²) < 4.78 is 6.79. The molecule has 0 saturated heterocycles. The number of ether oxygens (including phenoxy) is 1. The molecule has 0 atom stereocenters. The second-order valence-corrected chi connectivity index (χ2v) is 7.08. The molecule has 0 saturated carbocycles. The van der Waals surface area contributed by atoms with Gasteiger partial charge in [0.25, 0.3) is 0 Å². The smallest absolute Gasteiger partial charge is 0.125 e. The fraction of sp³-hybridized carbons (Fsp3) is 0.667. The van der Waals surface area contributed by atoms with Gasteiger partial charge >= 0.3 is 0 Å². The van der Waals surface area contributed by atoms with Crippen LogP contribution in [0.15, 0.2) is 10.5 Å².